The minimum atomic E-state index is -4.60. The number of halogens is 5. The van der Waals surface area contributed by atoms with Gasteiger partial charge in [-0.1, -0.05) is 25.6 Å². The van der Waals surface area contributed by atoms with Crippen LogP contribution in [0.3, 0.4) is 0 Å². The zero-order chi connectivity index (χ0) is 17.6. The van der Waals surface area contributed by atoms with E-state index < -0.39 is 23.5 Å². The highest BCUT2D eigenvalue weighted by molar-refractivity contribution is 7.98. The number of nitrogens with zero attached hydrogens (tertiary/aromatic N) is 3. The lowest BCUT2D eigenvalue weighted by molar-refractivity contribution is -0.141. The maximum Gasteiger partial charge on any atom is 0.433 e. The molecule has 0 aromatic carbocycles. The molecule has 0 radical (unpaired) electrons. The number of pyridine rings is 1. The van der Waals surface area contributed by atoms with Crippen molar-refractivity contribution in [3.63, 3.8) is 0 Å². The molecule has 0 N–H and O–H groups in total. The lowest BCUT2D eigenvalue weighted by Crippen LogP contribution is -2.10. The molecular formula is C14H14F5N3S. The third-order valence-electron chi connectivity index (χ3n) is 2.42. The number of aryl methyl sites for hydroxylation is 1. The first-order chi connectivity index (χ1) is 10.8. The number of rotatable bonds is 3. The summed E-state index contributed by atoms with van der Waals surface area (Å²) in [6.07, 6.45) is -2.94. The summed E-state index contributed by atoms with van der Waals surface area (Å²) < 4.78 is 64.6. The summed E-state index contributed by atoms with van der Waals surface area (Å²) in [4.78, 5) is 10.5. The van der Waals surface area contributed by atoms with Crippen molar-refractivity contribution >= 4 is 11.8 Å². The molecule has 0 unspecified atom stereocenters. The molecule has 0 spiro atoms. The van der Waals surface area contributed by atoms with E-state index in [0.717, 1.165) is 18.5 Å². The van der Waals surface area contributed by atoms with E-state index in [1.54, 1.807) is 0 Å². The van der Waals surface area contributed by atoms with Gasteiger partial charge in [-0.3, -0.25) is 4.98 Å². The maximum atomic E-state index is 13.4. The van der Waals surface area contributed by atoms with Crippen LogP contribution in [0.5, 0.6) is 0 Å². The average molecular weight is 351 g/mol. The highest BCUT2D eigenvalue weighted by atomic mass is 32.2. The Kier molecular flexibility index (Phi) is 6.86. The molecule has 0 aliphatic rings. The Hall–Kier alpha value is -1.77. The van der Waals surface area contributed by atoms with Crippen molar-refractivity contribution in [3.05, 3.63) is 47.0 Å². The van der Waals surface area contributed by atoms with Crippen LogP contribution in [-0.2, 0) is 11.9 Å². The van der Waals surface area contributed by atoms with Crippen LogP contribution < -0.4 is 0 Å². The van der Waals surface area contributed by atoms with Gasteiger partial charge in [0.2, 0.25) is 0 Å². The molecule has 0 saturated carbocycles. The van der Waals surface area contributed by atoms with Gasteiger partial charge in [-0.2, -0.15) is 13.2 Å². The van der Waals surface area contributed by atoms with E-state index in [1.807, 2.05) is 13.8 Å². The van der Waals surface area contributed by atoms with Crippen molar-refractivity contribution in [1.29, 1.82) is 0 Å². The van der Waals surface area contributed by atoms with Crippen molar-refractivity contribution in [2.75, 3.05) is 0 Å². The molecule has 0 amide bonds. The molecule has 2 aromatic heterocycles. The second-order valence-electron chi connectivity index (χ2n) is 4.05. The van der Waals surface area contributed by atoms with Crippen LogP contribution in [0.15, 0.2) is 23.6 Å². The zero-order valence-corrected chi connectivity index (χ0v) is 13.4. The van der Waals surface area contributed by atoms with Gasteiger partial charge < -0.3 is 0 Å². The van der Waals surface area contributed by atoms with Crippen molar-refractivity contribution in [3.8, 4) is 0 Å². The molecule has 126 valence electrons. The SMILES string of the molecule is CC.Cc1cc(C(F)(F)F)nc(SCc2c(F)cncc2F)n1. The van der Waals surface area contributed by atoms with Gasteiger partial charge in [-0.25, -0.2) is 18.7 Å². The van der Waals surface area contributed by atoms with E-state index in [1.165, 1.54) is 6.92 Å². The van der Waals surface area contributed by atoms with Gasteiger partial charge in [-0.05, 0) is 13.0 Å². The fourth-order valence-electron chi connectivity index (χ4n) is 1.46. The van der Waals surface area contributed by atoms with E-state index in [4.69, 9.17) is 0 Å². The smallest absolute Gasteiger partial charge is 0.259 e. The molecule has 3 nitrogen and oxygen atoms in total. The summed E-state index contributed by atoms with van der Waals surface area (Å²) in [5.41, 5.74) is -1.25. The lowest BCUT2D eigenvalue weighted by atomic mass is 10.3. The van der Waals surface area contributed by atoms with Gasteiger partial charge in [0.1, 0.15) is 17.3 Å². The van der Waals surface area contributed by atoms with Crippen molar-refractivity contribution < 1.29 is 22.0 Å². The molecule has 0 bridgehead atoms. The summed E-state index contributed by atoms with van der Waals surface area (Å²) in [6.45, 7) is 5.38. The summed E-state index contributed by atoms with van der Waals surface area (Å²) in [7, 11) is 0. The third-order valence-corrected chi connectivity index (χ3v) is 3.30. The van der Waals surface area contributed by atoms with E-state index in [-0.39, 0.29) is 22.2 Å². The minimum absolute atomic E-state index is 0.121. The summed E-state index contributed by atoms with van der Waals surface area (Å²) in [5.74, 6) is -1.97. The number of hydrogen-bond donors (Lipinski definition) is 0. The fourth-order valence-corrected chi connectivity index (χ4v) is 2.38. The Morgan fingerprint density at radius 2 is 1.61 bits per heavy atom. The molecule has 0 fully saturated rings. The second-order valence-corrected chi connectivity index (χ2v) is 4.99. The molecule has 23 heavy (non-hydrogen) atoms. The fraction of sp³-hybridized carbons (Fsp3) is 0.357. The number of thioether (sulfide) groups is 1. The molecule has 0 aliphatic heterocycles. The second kappa shape index (κ2) is 8.19. The number of hydrogen-bond acceptors (Lipinski definition) is 4. The quantitative estimate of drug-likeness (QED) is 0.452. The Bertz CT molecular complexity index is 641. The molecule has 2 rings (SSSR count). The molecule has 0 aliphatic carbocycles. The Morgan fingerprint density at radius 3 is 2.13 bits per heavy atom. The van der Waals surface area contributed by atoms with Crippen LogP contribution in [0.2, 0.25) is 0 Å². The molecule has 9 heteroatoms. The zero-order valence-electron chi connectivity index (χ0n) is 12.6. The van der Waals surface area contributed by atoms with E-state index >= 15 is 0 Å². The number of alkyl halides is 3. The van der Waals surface area contributed by atoms with Crippen LogP contribution in [0, 0.1) is 18.6 Å². The highest BCUT2D eigenvalue weighted by Gasteiger charge is 2.33. The van der Waals surface area contributed by atoms with E-state index in [9.17, 15) is 22.0 Å². The Morgan fingerprint density at radius 1 is 1.04 bits per heavy atom. The topological polar surface area (TPSA) is 38.7 Å². The minimum Gasteiger partial charge on any atom is -0.259 e. The van der Waals surface area contributed by atoms with Crippen LogP contribution in [-0.4, -0.2) is 15.0 Å². The summed E-state index contributed by atoms with van der Waals surface area (Å²) in [6, 6.07) is 0.803. The Labute approximate surface area is 134 Å². The standard InChI is InChI=1S/C12H8F5N3S.C2H6/c1-6-2-10(12(15,16)17)20-11(19-6)21-5-7-8(13)3-18-4-9(7)14;1-2/h2-4H,5H2,1H3;1-2H3. The van der Waals surface area contributed by atoms with Crippen LogP contribution >= 0.6 is 11.8 Å². The van der Waals surface area contributed by atoms with Gasteiger partial charge in [0.25, 0.3) is 0 Å². The van der Waals surface area contributed by atoms with Crippen LogP contribution in [0.1, 0.15) is 30.8 Å². The first kappa shape index (κ1) is 19.3. The monoisotopic (exact) mass is 351 g/mol. The van der Waals surface area contributed by atoms with E-state index in [2.05, 4.69) is 15.0 Å². The van der Waals surface area contributed by atoms with Crippen molar-refractivity contribution in [1.82, 2.24) is 15.0 Å². The van der Waals surface area contributed by atoms with Gasteiger partial charge in [0.05, 0.1) is 12.4 Å². The predicted molar refractivity (Wildman–Crippen MR) is 76.8 cm³/mol. The third kappa shape index (κ3) is 5.42. The van der Waals surface area contributed by atoms with Crippen molar-refractivity contribution in [2.24, 2.45) is 0 Å². The largest absolute Gasteiger partial charge is 0.433 e. The molecule has 0 saturated heterocycles. The summed E-state index contributed by atoms with van der Waals surface area (Å²) in [5, 5.41) is -0.196. The van der Waals surface area contributed by atoms with Crippen molar-refractivity contribution in [2.45, 2.75) is 37.9 Å². The normalized spacial score (nSPS) is 11.0. The molecule has 2 aromatic rings. The van der Waals surface area contributed by atoms with Gasteiger partial charge in [0.15, 0.2) is 5.16 Å². The lowest BCUT2D eigenvalue weighted by Gasteiger charge is -2.09. The highest BCUT2D eigenvalue weighted by Crippen LogP contribution is 2.30. The van der Waals surface area contributed by atoms with Crippen LogP contribution in [0.25, 0.3) is 0 Å². The summed E-state index contributed by atoms with van der Waals surface area (Å²) >= 11 is 0.716. The van der Waals surface area contributed by atoms with Gasteiger partial charge >= 0.3 is 6.18 Å². The number of aromatic nitrogens is 3. The molecular weight excluding hydrogens is 337 g/mol. The first-order valence-electron chi connectivity index (χ1n) is 6.61. The predicted octanol–water partition coefficient (Wildman–Crippen LogP) is 4.80. The average Bonchev–Trinajstić information content (AvgIpc) is 2.47. The first-order valence-corrected chi connectivity index (χ1v) is 7.59. The van der Waals surface area contributed by atoms with E-state index in [0.29, 0.717) is 11.8 Å². The molecule has 0 atom stereocenters. The Balaban J connectivity index is 0.00000127. The van der Waals surface area contributed by atoms with Crippen LogP contribution in [0.4, 0.5) is 22.0 Å². The van der Waals surface area contributed by atoms with Gasteiger partial charge in [0, 0.05) is 17.0 Å². The maximum absolute atomic E-state index is 13.4. The molecule has 2 heterocycles. The van der Waals surface area contributed by atoms with Gasteiger partial charge in [-0.15, -0.1) is 0 Å².